The van der Waals surface area contributed by atoms with Crippen molar-refractivity contribution in [2.45, 2.75) is 386 Å². The van der Waals surface area contributed by atoms with Gasteiger partial charge in [0.05, 0.1) is 25.4 Å². The number of carbonyl (C=O) groups is 2. The molecule has 0 spiro atoms. The molecule has 0 saturated heterocycles. The summed E-state index contributed by atoms with van der Waals surface area (Å²) in [6, 6.07) is -0.543. The van der Waals surface area contributed by atoms with Crippen molar-refractivity contribution in [2.75, 3.05) is 13.2 Å². The molecule has 0 bridgehead atoms. The van der Waals surface area contributed by atoms with E-state index in [0.29, 0.717) is 25.9 Å². The van der Waals surface area contributed by atoms with Crippen molar-refractivity contribution >= 4 is 11.9 Å². The van der Waals surface area contributed by atoms with Crippen molar-refractivity contribution in [3.63, 3.8) is 0 Å². The van der Waals surface area contributed by atoms with Gasteiger partial charge in [-0.25, -0.2) is 0 Å². The molecule has 3 N–H and O–H groups in total. The number of aliphatic hydroxyl groups is 2. The molecule has 0 aliphatic heterocycles. The summed E-state index contributed by atoms with van der Waals surface area (Å²) in [6.45, 7) is 4.96. The molecule has 0 fully saturated rings. The van der Waals surface area contributed by atoms with Crippen LogP contribution in [0, 0.1) is 0 Å². The van der Waals surface area contributed by atoms with Crippen molar-refractivity contribution < 1.29 is 24.5 Å². The molecule has 1 amide bonds. The average molecular weight is 1040 g/mol. The van der Waals surface area contributed by atoms with Crippen LogP contribution in [-0.2, 0) is 14.3 Å². The second kappa shape index (κ2) is 63.9. The predicted octanol–water partition coefficient (Wildman–Crippen LogP) is 21.4. The van der Waals surface area contributed by atoms with E-state index in [1.165, 1.54) is 295 Å². The molecule has 0 aromatic heterocycles. The first kappa shape index (κ1) is 72.3. The normalized spacial score (nSPS) is 12.6. The number of rotatable bonds is 63. The van der Waals surface area contributed by atoms with E-state index in [1.54, 1.807) is 0 Å². The molecule has 0 aliphatic rings. The lowest BCUT2D eigenvalue weighted by Crippen LogP contribution is -2.45. The number of ether oxygens (including phenoxy) is 1. The lowest BCUT2D eigenvalue weighted by atomic mass is 10.0. The minimum Gasteiger partial charge on any atom is -0.466 e. The molecule has 6 heteroatoms. The highest BCUT2D eigenvalue weighted by Gasteiger charge is 2.20. The van der Waals surface area contributed by atoms with Gasteiger partial charge in [0, 0.05) is 12.8 Å². The first-order valence-electron chi connectivity index (χ1n) is 33.6. The molecular weight excluding hydrogens is 911 g/mol. The van der Waals surface area contributed by atoms with Crippen LogP contribution in [0.3, 0.4) is 0 Å². The monoisotopic (exact) mass is 1040 g/mol. The molecular formula is C68H131NO5. The van der Waals surface area contributed by atoms with Gasteiger partial charge in [-0.15, -0.1) is 0 Å². The van der Waals surface area contributed by atoms with Crippen LogP contribution in [0.1, 0.15) is 373 Å². The van der Waals surface area contributed by atoms with Crippen LogP contribution in [0.4, 0.5) is 0 Å². The summed E-state index contributed by atoms with van der Waals surface area (Å²) in [4.78, 5) is 24.6. The van der Waals surface area contributed by atoms with Crippen LogP contribution < -0.4 is 5.32 Å². The Hall–Kier alpha value is -1.66. The first-order valence-corrected chi connectivity index (χ1v) is 33.6. The standard InChI is InChI=1S/C68H131NO5/c1-3-5-7-9-11-13-15-17-18-19-30-33-37-40-44-48-52-56-60-66(71)65(64-70)69-67(72)61-57-53-49-45-41-38-34-31-28-26-24-22-20-21-23-25-27-29-32-35-39-43-47-51-55-59-63-74-68(73)62-58-54-50-46-42-36-16-14-12-10-8-6-4-2/h14,16,20,22,65-66,70-71H,3-13,15,17-19,21,23-64H2,1-2H3,(H,69,72)/b16-14-,22-20-. The Morgan fingerprint density at radius 1 is 0.365 bits per heavy atom. The number of hydrogen-bond donors (Lipinski definition) is 3. The molecule has 0 rings (SSSR count). The molecule has 0 aromatic rings. The topological polar surface area (TPSA) is 95.9 Å². The van der Waals surface area contributed by atoms with Gasteiger partial charge in [-0.3, -0.25) is 9.59 Å². The van der Waals surface area contributed by atoms with Crippen LogP contribution in [0.15, 0.2) is 24.3 Å². The summed E-state index contributed by atoms with van der Waals surface area (Å²) >= 11 is 0. The summed E-state index contributed by atoms with van der Waals surface area (Å²) in [7, 11) is 0. The SMILES string of the molecule is CCCCCC/C=C\CCCCCCCC(=O)OCCCCCCCCCCCCCC/C=C\CCCCCCCCCCCCC(=O)NC(CO)C(O)CCCCCCCCCCCCCCCCCCCC. The van der Waals surface area contributed by atoms with E-state index in [0.717, 1.165) is 44.9 Å². The zero-order chi connectivity index (χ0) is 53.6. The summed E-state index contributed by atoms with van der Waals surface area (Å²) in [5, 5.41) is 23.4. The molecule has 438 valence electrons. The largest absolute Gasteiger partial charge is 0.466 e. The molecule has 0 saturated carbocycles. The van der Waals surface area contributed by atoms with Crippen molar-refractivity contribution in [1.82, 2.24) is 5.32 Å². The van der Waals surface area contributed by atoms with Crippen LogP contribution >= 0.6 is 0 Å². The zero-order valence-corrected chi connectivity index (χ0v) is 50.1. The number of unbranched alkanes of at least 4 members (excludes halogenated alkanes) is 48. The fourth-order valence-electron chi connectivity index (χ4n) is 10.6. The number of hydrogen-bond acceptors (Lipinski definition) is 5. The third kappa shape index (κ3) is 59.6. The molecule has 0 aromatic carbocycles. The molecule has 0 aliphatic carbocycles. The van der Waals surface area contributed by atoms with E-state index in [4.69, 9.17) is 4.74 Å². The van der Waals surface area contributed by atoms with E-state index in [2.05, 4.69) is 43.5 Å². The summed E-state index contributed by atoms with van der Waals surface area (Å²) in [5.41, 5.74) is 0. The second-order valence-corrected chi connectivity index (χ2v) is 23.1. The minimum absolute atomic E-state index is 0.00559. The number of amides is 1. The Morgan fingerprint density at radius 2 is 0.635 bits per heavy atom. The third-order valence-corrected chi connectivity index (χ3v) is 15.7. The van der Waals surface area contributed by atoms with Gasteiger partial charge >= 0.3 is 5.97 Å². The van der Waals surface area contributed by atoms with Gasteiger partial charge in [0.1, 0.15) is 0 Å². The van der Waals surface area contributed by atoms with Crippen molar-refractivity contribution in [3.8, 4) is 0 Å². The number of aliphatic hydroxyl groups excluding tert-OH is 2. The maximum absolute atomic E-state index is 12.5. The highest BCUT2D eigenvalue weighted by atomic mass is 16.5. The molecule has 0 heterocycles. The van der Waals surface area contributed by atoms with E-state index < -0.39 is 12.1 Å². The smallest absolute Gasteiger partial charge is 0.305 e. The second-order valence-electron chi connectivity index (χ2n) is 23.1. The van der Waals surface area contributed by atoms with Crippen molar-refractivity contribution in [3.05, 3.63) is 24.3 Å². The van der Waals surface area contributed by atoms with Gasteiger partial charge in [-0.2, -0.15) is 0 Å². The van der Waals surface area contributed by atoms with Crippen molar-refractivity contribution in [1.29, 1.82) is 0 Å². The van der Waals surface area contributed by atoms with Crippen LogP contribution in [0.2, 0.25) is 0 Å². The first-order chi connectivity index (χ1) is 36.5. The van der Waals surface area contributed by atoms with Crippen LogP contribution in [-0.4, -0.2) is 47.4 Å². The summed E-state index contributed by atoms with van der Waals surface area (Å²) < 4.78 is 5.48. The van der Waals surface area contributed by atoms with E-state index in [-0.39, 0.29) is 18.5 Å². The zero-order valence-electron chi connectivity index (χ0n) is 50.1. The Balaban J connectivity index is 3.39. The minimum atomic E-state index is -0.666. The molecule has 2 atom stereocenters. The number of carbonyl (C=O) groups excluding carboxylic acids is 2. The van der Waals surface area contributed by atoms with Crippen LogP contribution in [0.25, 0.3) is 0 Å². The quantitative estimate of drug-likeness (QED) is 0.0320. The number of esters is 1. The maximum atomic E-state index is 12.5. The van der Waals surface area contributed by atoms with E-state index in [1.807, 2.05) is 0 Å². The Labute approximate surface area is 462 Å². The van der Waals surface area contributed by atoms with Gasteiger partial charge in [-0.1, -0.05) is 308 Å². The third-order valence-electron chi connectivity index (χ3n) is 15.7. The Bertz CT molecular complexity index is 1150. The van der Waals surface area contributed by atoms with Gasteiger partial charge in [0.15, 0.2) is 0 Å². The molecule has 0 radical (unpaired) electrons. The molecule has 74 heavy (non-hydrogen) atoms. The van der Waals surface area contributed by atoms with Gasteiger partial charge in [0.25, 0.3) is 0 Å². The predicted molar refractivity (Wildman–Crippen MR) is 324 cm³/mol. The summed E-state index contributed by atoms with van der Waals surface area (Å²) in [5.74, 6) is -0.0279. The highest BCUT2D eigenvalue weighted by Crippen LogP contribution is 2.18. The fraction of sp³-hybridized carbons (Fsp3) is 0.912. The molecule has 2 unspecified atom stereocenters. The van der Waals surface area contributed by atoms with E-state index in [9.17, 15) is 19.8 Å². The number of allylic oxidation sites excluding steroid dienone is 4. The Morgan fingerprint density at radius 3 is 0.973 bits per heavy atom. The average Bonchev–Trinajstić information content (AvgIpc) is 3.40. The fourth-order valence-corrected chi connectivity index (χ4v) is 10.6. The lowest BCUT2D eigenvalue weighted by Gasteiger charge is -2.22. The van der Waals surface area contributed by atoms with Gasteiger partial charge < -0.3 is 20.3 Å². The molecule has 6 nitrogen and oxygen atoms in total. The van der Waals surface area contributed by atoms with Gasteiger partial charge in [-0.05, 0) is 77.0 Å². The van der Waals surface area contributed by atoms with Crippen LogP contribution in [0.5, 0.6) is 0 Å². The number of nitrogens with one attached hydrogen (secondary N) is 1. The maximum Gasteiger partial charge on any atom is 0.305 e. The van der Waals surface area contributed by atoms with Gasteiger partial charge in [0.2, 0.25) is 5.91 Å². The summed E-state index contributed by atoms with van der Waals surface area (Å²) in [6.07, 6.45) is 79.2. The van der Waals surface area contributed by atoms with Crippen molar-refractivity contribution in [2.24, 2.45) is 0 Å². The highest BCUT2D eigenvalue weighted by molar-refractivity contribution is 5.76. The van der Waals surface area contributed by atoms with E-state index >= 15 is 0 Å². The Kier molecular flexibility index (Phi) is 62.4. The lowest BCUT2D eigenvalue weighted by molar-refractivity contribution is -0.143.